The topological polar surface area (TPSA) is 15.3 Å². The van der Waals surface area contributed by atoms with Gasteiger partial charge in [-0.3, -0.25) is 4.90 Å². The lowest BCUT2D eigenvalue weighted by atomic mass is 9.88. The zero-order valence-corrected chi connectivity index (χ0v) is 13.5. The van der Waals surface area contributed by atoms with Crippen molar-refractivity contribution in [1.82, 2.24) is 10.2 Å². The molecule has 1 aromatic rings. The Morgan fingerprint density at radius 3 is 2.85 bits per heavy atom. The van der Waals surface area contributed by atoms with Crippen molar-refractivity contribution < 1.29 is 0 Å². The van der Waals surface area contributed by atoms with Crippen LogP contribution in [0.25, 0.3) is 0 Å². The smallest absolute Gasteiger partial charge is 0.0439 e. The van der Waals surface area contributed by atoms with Crippen LogP contribution in [-0.2, 0) is 0 Å². The van der Waals surface area contributed by atoms with Gasteiger partial charge in [0.15, 0.2) is 0 Å². The molecule has 0 amide bonds. The van der Waals surface area contributed by atoms with Crippen molar-refractivity contribution >= 4 is 11.8 Å². The van der Waals surface area contributed by atoms with Crippen LogP contribution in [0.3, 0.4) is 0 Å². The summed E-state index contributed by atoms with van der Waals surface area (Å²) in [6.45, 7) is 9.45. The van der Waals surface area contributed by atoms with Gasteiger partial charge in [0.05, 0.1) is 0 Å². The van der Waals surface area contributed by atoms with Crippen molar-refractivity contribution in [2.24, 2.45) is 5.41 Å². The van der Waals surface area contributed by atoms with Crippen LogP contribution in [0.4, 0.5) is 0 Å². The van der Waals surface area contributed by atoms with Gasteiger partial charge in [0.2, 0.25) is 0 Å². The minimum atomic E-state index is 0.463. The summed E-state index contributed by atoms with van der Waals surface area (Å²) < 4.78 is 0. The predicted octanol–water partition coefficient (Wildman–Crippen LogP) is 3.08. The SMILES string of the molecule is Cc1ccc(C2CSCCN2CC2(C)CCNC2)cc1. The molecule has 2 nitrogen and oxygen atoms in total. The molecular formula is C17H26N2S. The first kappa shape index (κ1) is 14.4. The highest BCUT2D eigenvalue weighted by atomic mass is 32.2. The maximum atomic E-state index is 3.53. The zero-order valence-electron chi connectivity index (χ0n) is 12.7. The Kier molecular flexibility index (Phi) is 4.39. The summed E-state index contributed by atoms with van der Waals surface area (Å²) in [6.07, 6.45) is 1.32. The molecule has 0 bridgehead atoms. The minimum absolute atomic E-state index is 0.463. The molecule has 2 saturated heterocycles. The van der Waals surface area contributed by atoms with E-state index >= 15 is 0 Å². The largest absolute Gasteiger partial charge is 0.316 e. The van der Waals surface area contributed by atoms with E-state index in [1.807, 2.05) is 0 Å². The van der Waals surface area contributed by atoms with Crippen molar-refractivity contribution in [3.63, 3.8) is 0 Å². The molecule has 3 heteroatoms. The van der Waals surface area contributed by atoms with Crippen LogP contribution >= 0.6 is 11.8 Å². The maximum absolute atomic E-state index is 3.53. The molecule has 2 fully saturated rings. The second-order valence-electron chi connectivity index (χ2n) is 6.71. The summed E-state index contributed by atoms with van der Waals surface area (Å²) in [5.41, 5.74) is 3.32. The molecule has 0 saturated carbocycles. The third-order valence-corrected chi connectivity index (χ3v) is 5.77. The third-order valence-electron chi connectivity index (χ3n) is 4.74. The molecular weight excluding hydrogens is 264 g/mol. The number of nitrogens with zero attached hydrogens (tertiary/aromatic N) is 1. The Bertz CT molecular complexity index is 437. The van der Waals surface area contributed by atoms with E-state index in [2.05, 4.69) is 60.1 Å². The Hall–Kier alpha value is -0.510. The van der Waals surface area contributed by atoms with Gasteiger partial charge in [-0.05, 0) is 30.9 Å². The molecule has 2 aliphatic rings. The highest BCUT2D eigenvalue weighted by Crippen LogP contribution is 2.34. The van der Waals surface area contributed by atoms with Crippen molar-refractivity contribution in [3.8, 4) is 0 Å². The second kappa shape index (κ2) is 6.08. The minimum Gasteiger partial charge on any atom is -0.316 e. The predicted molar refractivity (Wildman–Crippen MR) is 88.4 cm³/mol. The molecule has 2 heterocycles. The van der Waals surface area contributed by atoms with E-state index < -0.39 is 0 Å². The summed E-state index contributed by atoms with van der Waals surface area (Å²) in [5, 5.41) is 3.53. The van der Waals surface area contributed by atoms with Gasteiger partial charge in [0, 0.05) is 37.2 Å². The number of thioether (sulfide) groups is 1. The average Bonchev–Trinajstić information content (AvgIpc) is 2.87. The van der Waals surface area contributed by atoms with Crippen molar-refractivity contribution in [2.45, 2.75) is 26.3 Å². The summed E-state index contributed by atoms with van der Waals surface area (Å²) in [5.74, 6) is 2.53. The Labute approximate surface area is 127 Å². The van der Waals surface area contributed by atoms with Gasteiger partial charge in [0.25, 0.3) is 0 Å². The quantitative estimate of drug-likeness (QED) is 0.921. The Morgan fingerprint density at radius 1 is 1.35 bits per heavy atom. The molecule has 1 N–H and O–H groups in total. The third kappa shape index (κ3) is 3.21. The summed E-state index contributed by atoms with van der Waals surface area (Å²) >= 11 is 2.11. The van der Waals surface area contributed by atoms with E-state index in [1.165, 1.54) is 55.2 Å². The van der Waals surface area contributed by atoms with E-state index in [0.717, 1.165) is 0 Å². The first-order valence-electron chi connectivity index (χ1n) is 7.75. The van der Waals surface area contributed by atoms with Gasteiger partial charge in [-0.25, -0.2) is 0 Å². The lowest BCUT2D eigenvalue weighted by Crippen LogP contribution is -2.43. The number of hydrogen-bond acceptors (Lipinski definition) is 3. The average molecular weight is 290 g/mol. The van der Waals surface area contributed by atoms with Crippen LogP contribution in [0, 0.1) is 12.3 Å². The normalized spacial score (nSPS) is 31.6. The highest BCUT2D eigenvalue weighted by molar-refractivity contribution is 7.99. The van der Waals surface area contributed by atoms with Gasteiger partial charge >= 0.3 is 0 Å². The van der Waals surface area contributed by atoms with E-state index in [1.54, 1.807) is 0 Å². The molecule has 0 aromatic heterocycles. The molecule has 0 aliphatic carbocycles. The summed E-state index contributed by atoms with van der Waals surface area (Å²) in [7, 11) is 0. The second-order valence-corrected chi connectivity index (χ2v) is 7.86. The van der Waals surface area contributed by atoms with Crippen LogP contribution in [0.1, 0.15) is 30.5 Å². The monoisotopic (exact) mass is 290 g/mol. The molecule has 20 heavy (non-hydrogen) atoms. The fourth-order valence-electron chi connectivity index (χ4n) is 3.42. The number of nitrogens with one attached hydrogen (secondary N) is 1. The Morgan fingerprint density at radius 2 is 2.15 bits per heavy atom. The van der Waals surface area contributed by atoms with Crippen molar-refractivity contribution in [3.05, 3.63) is 35.4 Å². The first-order valence-corrected chi connectivity index (χ1v) is 8.91. The van der Waals surface area contributed by atoms with Crippen LogP contribution < -0.4 is 5.32 Å². The number of hydrogen-bond donors (Lipinski definition) is 1. The van der Waals surface area contributed by atoms with E-state index in [-0.39, 0.29) is 0 Å². The van der Waals surface area contributed by atoms with Gasteiger partial charge in [0.1, 0.15) is 0 Å². The molecule has 2 aliphatic heterocycles. The fraction of sp³-hybridized carbons (Fsp3) is 0.647. The zero-order chi connectivity index (χ0) is 14.0. The van der Waals surface area contributed by atoms with Gasteiger partial charge < -0.3 is 5.32 Å². The maximum Gasteiger partial charge on any atom is 0.0439 e. The number of rotatable bonds is 3. The van der Waals surface area contributed by atoms with E-state index in [4.69, 9.17) is 0 Å². The summed E-state index contributed by atoms with van der Waals surface area (Å²) in [6, 6.07) is 9.77. The van der Waals surface area contributed by atoms with Crippen LogP contribution in [0.15, 0.2) is 24.3 Å². The molecule has 2 atom stereocenters. The van der Waals surface area contributed by atoms with Crippen LogP contribution in [0.5, 0.6) is 0 Å². The number of aryl methyl sites for hydroxylation is 1. The molecule has 2 unspecified atom stereocenters. The standard InChI is InChI=1S/C17H26N2S/c1-14-3-5-15(6-4-14)16-11-20-10-9-19(16)13-17(2)7-8-18-12-17/h3-6,16,18H,7-13H2,1-2H3. The van der Waals surface area contributed by atoms with Crippen LogP contribution in [0.2, 0.25) is 0 Å². The van der Waals surface area contributed by atoms with Gasteiger partial charge in [-0.1, -0.05) is 36.8 Å². The van der Waals surface area contributed by atoms with Crippen LogP contribution in [-0.4, -0.2) is 42.6 Å². The van der Waals surface area contributed by atoms with E-state index in [9.17, 15) is 0 Å². The van der Waals surface area contributed by atoms with E-state index in [0.29, 0.717) is 11.5 Å². The van der Waals surface area contributed by atoms with Crippen molar-refractivity contribution in [1.29, 1.82) is 0 Å². The number of benzene rings is 1. The molecule has 0 radical (unpaired) electrons. The van der Waals surface area contributed by atoms with Gasteiger partial charge in [-0.15, -0.1) is 0 Å². The lowest BCUT2D eigenvalue weighted by Gasteiger charge is -2.40. The highest BCUT2D eigenvalue weighted by Gasteiger charge is 2.34. The summed E-state index contributed by atoms with van der Waals surface area (Å²) in [4.78, 5) is 2.73. The first-order chi connectivity index (χ1) is 9.66. The Balaban J connectivity index is 1.75. The molecule has 0 spiro atoms. The van der Waals surface area contributed by atoms with Gasteiger partial charge in [-0.2, -0.15) is 11.8 Å². The van der Waals surface area contributed by atoms with Crippen molar-refractivity contribution in [2.75, 3.05) is 37.7 Å². The fourth-order valence-corrected chi connectivity index (χ4v) is 4.57. The lowest BCUT2D eigenvalue weighted by molar-refractivity contribution is 0.143. The molecule has 3 rings (SSSR count). The molecule has 110 valence electrons. The molecule has 1 aromatic carbocycles.